The van der Waals surface area contributed by atoms with Crippen LogP contribution in [0.4, 0.5) is 4.39 Å². The van der Waals surface area contributed by atoms with Crippen molar-refractivity contribution in [3.05, 3.63) is 41.6 Å². The highest BCUT2D eigenvalue weighted by Gasteiger charge is 2.20. The Labute approximate surface area is 105 Å². The third-order valence-corrected chi connectivity index (χ3v) is 3.25. The summed E-state index contributed by atoms with van der Waals surface area (Å²) in [4.78, 5) is 7.52. The Balaban J connectivity index is 1.76. The average Bonchev–Trinajstić information content (AvgIpc) is 3.08. The van der Waals surface area contributed by atoms with E-state index in [2.05, 4.69) is 15.3 Å². The fourth-order valence-corrected chi connectivity index (χ4v) is 1.89. The third kappa shape index (κ3) is 2.43. The van der Waals surface area contributed by atoms with Gasteiger partial charge in [0.05, 0.1) is 18.4 Å². The van der Waals surface area contributed by atoms with E-state index in [4.69, 9.17) is 0 Å². The summed E-state index contributed by atoms with van der Waals surface area (Å²) < 4.78 is 13.5. The zero-order chi connectivity index (χ0) is 12.5. The molecule has 0 atom stereocenters. The molecule has 1 aromatic carbocycles. The van der Waals surface area contributed by atoms with Crippen molar-refractivity contribution in [3.8, 4) is 11.3 Å². The topological polar surface area (TPSA) is 40.7 Å². The van der Waals surface area contributed by atoms with Gasteiger partial charge in [0.2, 0.25) is 0 Å². The highest BCUT2D eigenvalue weighted by atomic mass is 19.1. The molecule has 0 saturated heterocycles. The van der Waals surface area contributed by atoms with Gasteiger partial charge < -0.3 is 10.3 Å². The monoisotopic (exact) mass is 245 g/mol. The maximum Gasteiger partial charge on any atom is 0.126 e. The zero-order valence-electron chi connectivity index (χ0n) is 10.3. The summed E-state index contributed by atoms with van der Waals surface area (Å²) >= 11 is 0. The number of nitrogens with zero attached hydrogens (tertiary/aromatic N) is 1. The van der Waals surface area contributed by atoms with Crippen LogP contribution in [0.15, 0.2) is 24.4 Å². The second-order valence-corrected chi connectivity index (χ2v) is 4.86. The Morgan fingerprint density at radius 2 is 2.28 bits per heavy atom. The fourth-order valence-electron chi connectivity index (χ4n) is 1.89. The summed E-state index contributed by atoms with van der Waals surface area (Å²) in [5.74, 6) is 0.720. The molecule has 4 heteroatoms. The summed E-state index contributed by atoms with van der Waals surface area (Å²) in [5, 5.41) is 3.39. The first-order valence-corrected chi connectivity index (χ1v) is 6.26. The number of imidazole rings is 1. The van der Waals surface area contributed by atoms with Crippen molar-refractivity contribution in [2.45, 2.75) is 32.4 Å². The highest BCUT2D eigenvalue weighted by Crippen LogP contribution is 2.21. The standard InChI is InChI=1S/C14H16FN3/c1-9-2-3-10(6-12(9)15)13-7-17-14(18-13)8-16-11-4-5-11/h2-3,6-7,11,16H,4-5,8H2,1H3,(H,17,18). The molecule has 0 spiro atoms. The highest BCUT2D eigenvalue weighted by molar-refractivity contribution is 5.59. The Morgan fingerprint density at radius 1 is 1.44 bits per heavy atom. The molecule has 1 saturated carbocycles. The number of rotatable bonds is 4. The Morgan fingerprint density at radius 3 is 3.00 bits per heavy atom. The molecule has 2 N–H and O–H groups in total. The molecule has 0 radical (unpaired) electrons. The zero-order valence-corrected chi connectivity index (χ0v) is 10.3. The normalized spacial score (nSPS) is 15.0. The number of hydrogen-bond donors (Lipinski definition) is 2. The van der Waals surface area contributed by atoms with Crippen molar-refractivity contribution in [2.24, 2.45) is 0 Å². The van der Waals surface area contributed by atoms with Crippen LogP contribution in [0.2, 0.25) is 0 Å². The molecular formula is C14H16FN3. The van der Waals surface area contributed by atoms with E-state index in [1.807, 2.05) is 6.07 Å². The quantitative estimate of drug-likeness (QED) is 0.869. The molecule has 0 unspecified atom stereocenters. The van der Waals surface area contributed by atoms with E-state index in [0.29, 0.717) is 11.6 Å². The van der Waals surface area contributed by atoms with E-state index in [9.17, 15) is 4.39 Å². The van der Waals surface area contributed by atoms with Crippen LogP contribution in [0.5, 0.6) is 0 Å². The lowest BCUT2D eigenvalue weighted by Gasteiger charge is -2.01. The summed E-state index contributed by atoms with van der Waals surface area (Å²) in [6.07, 6.45) is 4.28. The lowest BCUT2D eigenvalue weighted by atomic mass is 10.1. The van der Waals surface area contributed by atoms with Crippen LogP contribution < -0.4 is 5.32 Å². The Hall–Kier alpha value is -1.68. The van der Waals surface area contributed by atoms with Gasteiger partial charge in [-0.15, -0.1) is 0 Å². The van der Waals surface area contributed by atoms with Gasteiger partial charge in [0.1, 0.15) is 11.6 Å². The van der Waals surface area contributed by atoms with Crippen LogP contribution >= 0.6 is 0 Å². The first-order valence-electron chi connectivity index (χ1n) is 6.26. The number of nitrogens with one attached hydrogen (secondary N) is 2. The van der Waals surface area contributed by atoms with E-state index < -0.39 is 0 Å². The van der Waals surface area contributed by atoms with Gasteiger partial charge in [-0.3, -0.25) is 0 Å². The number of halogens is 1. The Bertz CT molecular complexity index is 558. The number of H-pyrrole nitrogens is 1. The SMILES string of the molecule is Cc1ccc(-c2cnc(CNC3CC3)[nH]2)cc1F. The minimum atomic E-state index is -0.181. The molecule has 1 heterocycles. The van der Waals surface area contributed by atoms with E-state index in [1.54, 1.807) is 25.3 Å². The predicted octanol–water partition coefficient (Wildman–Crippen LogP) is 2.78. The molecule has 1 aliphatic rings. The van der Waals surface area contributed by atoms with Crippen molar-refractivity contribution in [1.29, 1.82) is 0 Å². The molecule has 3 nitrogen and oxygen atoms in total. The van der Waals surface area contributed by atoms with E-state index in [0.717, 1.165) is 23.6 Å². The van der Waals surface area contributed by atoms with Crippen LogP contribution in [0.25, 0.3) is 11.3 Å². The van der Waals surface area contributed by atoms with Gasteiger partial charge in [0, 0.05) is 11.6 Å². The van der Waals surface area contributed by atoms with Crippen molar-refractivity contribution >= 4 is 0 Å². The molecule has 0 bridgehead atoms. The summed E-state index contributed by atoms with van der Waals surface area (Å²) in [6.45, 7) is 2.51. The Kier molecular flexibility index (Phi) is 2.88. The summed E-state index contributed by atoms with van der Waals surface area (Å²) in [7, 11) is 0. The smallest absolute Gasteiger partial charge is 0.126 e. The van der Waals surface area contributed by atoms with Gasteiger partial charge in [-0.05, 0) is 31.4 Å². The first kappa shape index (κ1) is 11.4. The second kappa shape index (κ2) is 4.53. The van der Waals surface area contributed by atoms with Gasteiger partial charge >= 0.3 is 0 Å². The number of hydrogen-bond acceptors (Lipinski definition) is 2. The average molecular weight is 245 g/mol. The molecule has 2 aromatic rings. The van der Waals surface area contributed by atoms with Crippen LogP contribution in [-0.4, -0.2) is 16.0 Å². The molecule has 1 fully saturated rings. The van der Waals surface area contributed by atoms with E-state index in [1.165, 1.54) is 12.8 Å². The molecule has 18 heavy (non-hydrogen) atoms. The van der Waals surface area contributed by atoms with Crippen LogP contribution in [0, 0.1) is 12.7 Å². The van der Waals surface area contributed by atoms with Crippen LogP contribution in [0.1, 0.15) is 24.2 Å². The largest absolute Gasteiger partial charge is 0.341 e. The lowest BCUT2D eigenvalue weighted by molar-refractivity contribution is 0.619. The molecule has 0 amide bonds. The number of benzene rings is 1. The minimum absolute atomic E-state index is 0.181. The minimum Gasteiger partial charge on any atom is -0.341 e. The summed E-state index contributed by atoms with van der Waals surface area (Å²) in [6, 6.07) is 5.90. The van der Waals surface area contributed by atoms with Gasteiger partial charge in [0.25, 0.3) is 0 Å². The number of aryl methyl sites for hydroxylation is 1. The van der Waals surface area contributed by atoms with Gasteiger partial charge in [-0.1, -0.05) is 12.1 Å². The molecule has 3 rings (SSSR count). The second-order valence-electron chi connectivity index (χ2n) is 4.86. The molecular weight excluding hydrogens is 229 g/mol. The molecule has 1 aliphatic carbocycles. The summed E-state index contributed by atoms with van der Waals surface area (Å²) in [5.41, 5.74) is 2.36. The van der Waals surface area contributed by atoms with Gasteiger partial charge in [0.15, 0.2) is 0 Å². The third-order valence-electron chi connectivity index (χ3n) is 3.25. The number of aromatic amines is 1. The molecule has 1 aromatic heterocycles. The van der Waals surface area contributed by atoms with Crippen LogP contribution in [0.3, 0.4) is 0 Å². The van der Waals surface area contributed by atoms with Crippen molar-refractivity contribution in [2.75, 3.05) is 0 Å². The molecule has 94 valence electrons. The van der Waals surface area contributed by atoms with Crippen molar-refractivity contribution in [1.82, 2.24) is 15.3 Å². The van der Waals surface area contributed by atoms with E-state index >= 15 is 0 Å². The maximum atomic E-state index is 13.5. The van der Waals surface area contributed by atoms with Crippen LogP contribution in [-0.2, 0) is 6.54 Å². The van der Waals surface area contributed by atoms with Gasteiger partial charge in [-0.25, -0.2) is 9.37 Å². The lowest BCUT2D eigenvalue weighted by Crippen LogP contribution is -2.16. The fraction of sp³-hybridized carbons (Fsp3) is 0.357. The predicted molar refractivity (Wildman–Crippen MR) is 68.6 cm³/mol. The van der Waals surface area contributed by atoms with Crippen molar-refractivity contribution < 1.29 is 4.39 Å². The number of aromatic nitrogens is 2. The first-order chi connectivity index (χ1) is 8.72. The molecule has 0 aliphatic heterocycles. The maximum absolute atomic E-state index is 13.5. The van der Waals surface area contributed by atoms with Crippen molar-refractivity contribution in [3.63, 3.8) is 0 Å². The van der Waals surface area contributed by atoms with E-state index in [-0.39, 0.29) is 5.82 Å². The van der Waals surface area contributed by atoms with Gasteiger partial charge in [-0.2, -0.15) is 0 Å².